The molecule has 0 atom stereocenters. The van der Waals surface area contributed by atoms with Crippen LogP contribution in [-0.2, 0) is 0 Å². The van der Waals surface area contributed by atoms with Gasteiger partial charge in [0.2, 0.25) is 0 Å². The second-order valence-corrected chi connectivity index (χ2v) is 4.43. The smallest absolute Gasteiger partial charge is 0.115 e. The maximum atomic E-state index is 8.63. The Balaban J connectivity index is 0.000000218. The molecule has 2 rings (SSSR count). The molecule has 0 aliphatic rings. The predicted octanol–water partition coefficient (Wildman–Crippen LogP) is 4.60. The molecule has 0 aliphatic carbocycles. The summed E-state index contributed by atoms with van der Waals surface area (Å²) in [5.41, 5.74) is 2.60. The van der Waals surface area contributed by atoms with Crippen LogP contribution in [0.1, 0.15) is 25.3 Å². The van der Waals surface area contributed by atoms with Crippen LogP contribution in [0, 0.1) is 6.92 Å². The number of rotatable bonds is 4. The predicted molar refractivity (Wildman–Crippen MR) is 82.7 cm³/mol. The number of phenolic OH excluding ortho intramolecular Hbond substituents is 1. The van der Waals surface area contributed by atoms with Crippen molar-refractivity contribution in [2.45, 2.75) is 26.7 Å². The van der Waals surface area contributed by atoms with Gasteiger partial charge in [-0.25, -0.2) is 0 Å². The summed E-state index contributed by atoms with van der Waals surface area (Å²) in [6, 6.07) is 17.1. The summed E-state index contributed by atoms with van der Waals surface area (Å²) >= 11 is 0. The lowest BCUT2D eigenvalue weighted by atomic mass is 10.2. The molecule has 2 aromatic carbocycles. The molecule has 0 aromatic heterocycles. The van der Waals surface area contributed by atoms with E-state index in [9.17, 15) is 0 Å². The number of aromatic hydroxyl groups is 1. The van der Waals surface area contributed by atoms with Crippen molar-refractivity contribution in [3.63, 3.8) is 0 Å². The number of aryl methyl sites for hydroxylation is 1. The highest BCUT2D eigenvalue weighted by molar-refractivity contribution is 5.49. The fourth-order valence-electron chi connectivity index (χ4n) is 1.60. The number of nitrogens with one attached hydrogen (secondary N) is 1. The number of hydrogen-bond acceptors (Lipinski definition) is 2. The van der Waals surface area contributed by atoms with E-state index in [0.29, 0.717) is 5.75 Å². The molecule has 2 nitrogen and oxygen atoms in total. The van der Waals surface area contributed by atoms with Gasteiger partial charge in [-0.15, -0.1) is 0 Å². The molecular weight excluding hydrogens is 234 g/mol. The Morgan fingerprint density at radius 3 is 2.11 bits per heavy atom. The molecule has 2 heteroatoms. The summed E-state index contributed by atoms with van der Waals surface area (Å²) in [6.07, 6.45) is 2.49. The van der Waals surface area contributed by atoms with Crippen molar-refractivity contribution in [2.75, 3.05) is 11.9 Å². The Labute approximate surface area is 116 Å². The van der Waals surface area contributed by atoms with E-state index in [2.05, 4.69) is 43.4 Å². The van der Waals surface area contributed by atoms with Crippen LogP contribution in [0.4, 0.5) is 5.69 Å². The van der Waals surface area contributed by atoms with E-state index >= 15 is 0 Å². The molecule has 0 aliphatic heterocycles. The Bertz CT molecular complexity index is 454. The number of para-hydroxylation sites is 2. The minimum Gasteiger partial charge on any atom is -0.508 e. The van der Waals surface area contributed by atoms with Crippen LogP contribution in [-0.4, -0.2) is 11.7 Å². The van der Waals surface area contributed by atoms with Crippen LogP contribution in [0.3, 0.4) is 0 Å². The van der Waals surface area contributed by atoms with E-state index in [0.717, 1.165) is 6.54 Å². The van der Waals surface area contributed by atoms with Crippen molar-refractivity contribution in [1.29, 1.82) is 0 Å². The van der Waals surface area contributed by atoms with Crippen molar-refractivity contribution in [3.05, 3.63) is 60.2 Å². The first-order valence-electron chi connectivity index (χ1n) is 6.77. The van der Waals surface area contributed by atoms with Gasteiger partial charge in [0, 0.05) is 12.2 Å². The Kier molecular flexibility index (Phi) is 7.18. The zero-order chi connectivity index (χ0) is 13.9. The molecule has 0 fully saturated rings. The summed E-state index contributed by atoms with van der Waals surface area (Å²) in [5.74, 6) is 0.322. The minimum atomic E-state index is 0.322. The van der Waals surface area contributed by atoms with Gasteiger partial charge in [0.15, 0.2) is 0 Å². The van der Waals surface area contributed by atoms with Gasteiger partial charge in [0.25, 0.3) is 0 Å². The summed E-state index contributed by atoms with van der Waals surface area (Å²) in [6.45, 7) is 5.43. The normalized spacial score (nSPS) is 9.37. The fraction of sp³-hybridized carbons (Fsp3) is 0.294. The van der Waals surface area contributed by atoms with Crippen molar-refractivity contribution in [1.82, 2.24) is 0 Å². The van der Waals surface area contributed by atoms with Crippen LogP contribution < -0.4 is 5.32 Å². The van der Waals surface area contributed by atoms with Crippen molar-refractivity contribution in [2.24, 2.45) is 0 Å². The summed E-state index contributed by atoms with van der Waals surface area (Å²) in [4.78, 5) is 0. The van der Waals surface area contributed by atoms with E-state index in [4.69, 9.17) is 5.11 Å². The third-order valence-electron chi connectivity index (χ3n) is 2.75. The van der Waals surface area contributed by atoms with E-state index in [1.807, 2.05) is 6.07 Å². The second kappa shape index (κ2) is 9.03. The molecule has 2 aromatic rings. The van der Waals surface area contributed by atoms with E-state index < -0.39 is 0 Å². The number of unbranched alkanes of at least 4 members (excludes halogenated alkanes) is 1. The molecule has 0 radical (unpaired) electrons. The average molecular weight is 257 g/mol. The third kappa shape index (κ3) is 6.51. The van der Waals surface area contributed by atoms with Crippen molar-refractivity contribution >= 4 is 5.69 Å². The highest BCUT2D eigenvalue weighted by atomic mass is 16.3. The number of hydrogen-bond donors (Lipinski definition) is 2. The molecule has 19 heavy (non-hydrogen) atoms. The van der Waals surface area contributed by atoms with Gasteiger partial charge in [-0.1, -0.05) is 49.7 Å². The van der Waals surface area contributed by atoms with Crippen LogP contribution in [0.2, 0.25) is 0 Å². The summed E-state index contributed by atoms with van der Waals surface area (Å²) in [7, 11) is 0. The summed E-state index contributed by atoms with van der Waals surface area (Å²) < 4.78 is 0. The minimum absolute atomic E-state index is 0.322. The Morgan fingerprint density at radius 1 is 0.947 bits per heavy atom. The Hall–Kier alpha value is -1.96. The number of benzene rings is 2. The maximum absolute atomic E-state index is 8.63. The summed E-state index contributed by atoms with van der Waals surface area (Å²) in [5, 5.41) is 12.0. The molecule has 0 spiro atoms. The molecule has 2 N–H and O–H groups in total. The van der Waals surface area contributed by atoms with E-state index in [1.165, 1.54) is 24.1 Å². The van der Waals surface area contributed by atoms with Crippen LogP contribution in [0.25, 0.3) is 0 Å². The molecule has 0 unspecified atom stereocenters. The van der Waals surface area contributed by atoms with E-state index in [1.54, 1.807) is 24.3 Å². The van der Waals surface area contributed by atoms with Gasteiger partial charge >= 0.3 is 0 Å². The number of phenols is 1. The van der Waals surface area contributed by atoms with Gasteiger partial charge in [0.1, 0.15) is 5.75 Å². The SMILES string of the molecule is CCCCNc1ccccc1C.Oc1ccccc1. The molecule has 0 saturated heterocycles. The molecule has 102 valence electrons. The van der Waals surface area contributed by atoms with Gasteiger partial charge < -0.3 is 10.4 Å². The average Bonchev–Trinajstić information content (AvgIpc) is 2.43. The zero-order valence-corrected chi connectivity index (χ0v) is 11.8. The van der Waals surface area contributed by atoms with Crippen LogP contribution in [0.15, 0.2) is 54.6 Å². The molecule has 0 heterocycles. The molecular formula is C17H23NO. The molecule has 0 bridgehead atoms. The van der Waals surface area contributed by atoms with Gasteiger partial charge in [-0.3, -0.25) is 0 Å². The first-order chi connectivity index (χ1) is 9.24. The second-order valence-electron chi connectivity index (χ2n) is 4.43. The largest absolute Gasteiger partial charge is 0.508 e. The lowest BCUT2D eigenvalue weighted by Crippen LogP contribution is -2.01. The topological polar surface area (TPSA) is 32.3 Å². The molecule has 0 saturated carbocycles. The van der Waals surface area contributed by atoms with Crippen molar-refractivity contribution < 1.29 is 5.11 Å². The quantitative estimate of drug-likeness (QED) is 0.785. The first-order valence-corrected chi connectivity index (χ1v) is 6.77. The monoisotopic (exact) mass is 257 g/mol. The fourth-order valence-corrected chi connectivity index (χ4v) is 1.60. The lowest BCUT2D eigenvalue weighted by molar-refractivity contribution is 0.475. The molecule has 0 amide bonds. The van der Waals surface area contributed by atoms with Crippen LogP contribution >= 0.6 is 0 Å². The van der Waals surface area contributed by atoms with E-state index in [-0.39, 0.29) is 0 Å². The maximum Gasteiger partial charge on any atom is 0.115 e. The lowest BCUT2D eigenvalue weighted by Gasteiger charge is -2.07. The zero-order valence-electron chi connectivity index (χ0n) is 11.8. The number of anilines is 1. The Morgan fingerprint density at radius 2 is 1.58 bits per heavy atom. The van der Waals surface area contributed by atoms with Gasteiger partial charge in [0.05, 0.1) is 0 Å². The first kappa shape index (κ1) is 15.1. The standard InChI is InChI=1S/C11H17N.C6H6O/c1-3-4-9-12-11-8-6-5-7-10(11)2;7-6-4-2-1-3-5-6/h5-8,12H,3-4,9H2,1-2H3;1-5,7H. The third-order valence-corrected chi connectivity index (χ3v) is 2.75. The highest BCUT2D eigenvalue weighted by Crippen LogP contribution is 2.12. The van der Waals surface area contributed by atoms with Gasteiger partial charge in [-0.2, -0.15) is 0 Å². The van der Waals surface area contributed by atoms with Crippen molar-refractivity contribution in [3.8, 4) is 5.75 Å². The highest BCUT2D eigenvalue weighted by Gasteiger charge is 1.93. The van der Waals surface area contributed by atoms with Gasteiger partial charge in [-0.05, 0) is 37.1 Å². The van der Waals surface area contributed by atoms with Crippen LogP contribution in [0.5, 0.6) is 5.75 Å².